The molecule has 0 fully saturated rings. The number of hydrogen-bond acceptors (Lipinski definition) is 2. The van der Waals surface area contributed by atoms with Gasteiger partial charge in [0, 0.05) is 13.5 Å². The molecule has 0 aliphatic carbocycles. The molecule has 106 valence electrons. The van der Waals surface area contributed by atoms with E-state index in [1.165, 1.54) is 0 Å². The first-order valence-corrected chi connectivity index (χ1v) is 7.02. The van der Waals surface area contributed by atoms with Crippen molar-refractivity contribution in [2.75, 3.05) is 18.6 Å². The van der Waals surface area contributed by atoms with Crippen LogP contribution in [0.3, 0.4) is 0 Å². The average molecular weight is 284 g/mol. The number of aryl methyl sites for hydroxylation is 1. The fourth-order valence-corrected chi connectivity index (χ4v) is 2.48. The Bertz CT molecular complexity index is 434. The molecule has 1 atom stereocenters. The second-order valence-electron chi connectivity index (χ2n) is 4.52. The van der Waals surface area contributed by atoms with Crippen molar-refractivity contribution in [1.29, 1.82) is 0 Å². The number of para-hydroxylation sites is 1. The minimum atomic E-state index is -0.0392. The van der Waals surface area contributed by atoms with E-state index in [0.717, 1.165) is 17.7 Å². The fourth-order valence-electron chi connectivity index (χ4n) is 2.19. The highest BCUT2D eigenvalue weighted by Crippen LogP contribution is 2.32. The van der Waals surface area contributed by atoms with Gasteiger partial charge in [-0.15, -0.1) is 0 Å². The quantitative estimate of drug-likeness (QED) is 0.797. The molecule has 0 bridgehead atoms. The van der Waals surface area contributed by atoms with Gasteiger partial charge in [0.1, 0.15) is 0 Å². The van der Waals surface area contributed by atoms with Gasteiger partial charge in [-0.05, 0) is 25.0 Å². The fraction of sp³-hybridized carbons (Fsp3) is 0.533. The number of anilines is 1. The summed E-state index contributed by atoms with van der Waals surface area (Å²) in [7, 11) is 1.64. The number of methoxy groups -OCH3 is 1. The van der Waals surface area contributed by atoms with E-state index in [2.05, 4.69) is 6.92 Å². The van der Waals surface area contributed by atoms with Gasteiger partial charge < -0.3 is 9.64 Å². The lowest BCUT2D eigenvalue weighted by Crippen LogP contribution is -2.41. The van der Waals surface area contributed by atoms with Crippen LogP contribution in [0.4, 0.5) is 5.69 Å². The predicted octanol–water partition coefficient (Wildman–Crippen LogP) is 3.68. The van der Waals surface area contributed by atoms with Crippen LogP contribution < -0.4 is 4.90 Å². The Kier molecular flexibility index (Phi) is 6.32. The van der Waals surface area contributed by atoms with Crippen molar-refractivity contribution in [1.82, 2.24) is 0 Å². The van der Waals surface area contributed by atoms with Gasteiger partial charge in [0.05, 0.1) is 23.4 Å². The van der Waals surface area contributed by atoms with Gasteiger partial charge >= 0.3 is 0 Å². The third-order valence-corrected chi connectivity index (χ3v) is 3.42. The SMILES string of the molecule is CCC(=O)N(c1c(Cl)cccc1CC)C(C)COC. The zero-order valence-corrected chi connectivity index (χ0v) is 12.8. The van der Waals surface area contributed by atoms with Crippen molar-refractivity contribution in [3.05, 3.63) is 28.8 Å². The van der Waals surface area contributed by atoms with Crippen LogP contribution in [0.25, 0.3) is 0 Å². The minimum Gasteiger partial charge on any atom is -0.383 e. The van der Waals surface area contributed by atoms with Crippen LogP contribution in [0.15, 0.2) is 18.2 Å². The van der Waals surface area contributed by atoms with E-state index in [1.54, 1.807) is 12.0 Å². The van der Waals surface area contributed by atoms with Gasteiger partial charge in [-0.2, -0.15) is 0 Å². The number of ether oxygens (including phenoxy) is 1. The molecule has 4 heteroatoms. The zero-order valence-electron chi connectivity index (χ0n) is 12.1. The first-order valence-electron chi connectivity index (χ1n) is 6.65. The zero-order chi connectivity index (χ0) is 14.4. The summed E-state index contributed by atoms with van der Waals surface area (Å²) in [6.07, 6.45) is 1.28. The molecule has 0 N–H and O–H groups in total. The van der Waals surface area contributed by atoms with Gasteiger partial charge in [-0.1, -0.05) is 37.6 Å². The number of carbonyl (C=O) groups excluding carboxylic acids is 1. The highest BCUT2D eigenvalue weighted by atomic mass is 35.5. The van der Waals surface area contributed by atoms with Crippen LogP contribution in [-0.4, -0.2) is 25.7 Å². The summed E-state index contributed by atoms with van der Waals surface area (Å²) >= 11 is 6.31. The number of benzene rings is 1. The smallest absolute Gasteiger partial charge is 0.227 e. The van der Waals surface area contributed by atoms with Crippen LogP contribution in [0.1, 0.15) is 32.8 Å². The van der Waals surface area contributed by atoms with E-state index < -0.39 is 0 Å². The molecule has 1 aromatic carbocycles. The van der Waals surface area contributed by atoms with Crippen LogP contribution in [-0.2, 0) is 16.0 Å². The van der Waals surface area contributed by atoms with Gasteiger partial charge in [0.2, 0.25) is 5.91 Å². The average Bonchev–Trinajstić information content (AvgIpc) is 2.40. The van der Waals surface area contributed by atoms with Gasteiger partial charge in [-0.25, -0.2) is 0 Å². The van der Waals surface area contributed by atoms with E-state index in [9.17, 15) is 4.79 Å². The number of rotatable bonds is 6. The second kappa shape index (κ2) is 7.51. The molecule has 0 saturated heterocycles. The molecule has 1 amide bonds. The maximum absolute atomic E-state index is 12.3. The molecule has 0 aliphatic heterocycles. The Morgan fingerprint density at radius 3 is 2.63 bits per heavy atom. The first kappa shape index (κ1) is 16.0. The summed E-state index contributed by atoms with van der Waals surface area (Å²) in [6.45, 7) is 6.38. The van der Waals surface area contributed by atoms with E-state index in [4.69, 9.17) is 16.3 Å². The van der Waals surface area contributed by atoms with Crippen molar-refractivity contribution in [3.8, 4) is 0 Å². The third kappa shape index (κ3) is 3.71. The monoisotopic (exact) mass is 283 g/mol. The standard InChI is InChI=1S/C15H22ClNO2/c1-5-12-8-7-9-13(16)15(12)17(14(18)6-2)11(3)10-19-4/h7-9,11H,5-6,10H2,1-4H3. The van der Waals surface area contributed by atoms with Crippen molar-refractivity contribution < 1.29 is 9.53 Å². The first-order chi connectivity index (χ1) is 9.06. The van der Waals surface area contributed by atoms with E-state index in [-0.39, 0.29) is 11.9 Å². The molecular formula is C15H22ClNO2. The Labute approximate surface area is 120 Å². The molecule has 0 spiro atoms. The number of carbonyl (C=O) groups is 1. The van der Waals surface area contributed by atoms with E-state index in [0.29, 0.717) is 18.1 Å². The van der Waals surface area contributed by atoms with Gasteiger partial charge in [0.25, 0.3) is 0 Å². The lowest BCUT2D eigenvalue weighted by atomic mass is 10.1. The molecule has 1 aromatic rings. The normalized spacial score (nSPS) is 12.3. The van der Waals surface area contributed by atoms with Crippen LogP contribution >= 0.6 is 11.6 Å². The summed E-state index contributed by atoms with van der Waals surface area (Å²) < 4.78 is 5.18. The molecule has 0 saturated carbocycles. The molecule has 0 radical (unpaired) electrons. The molecule has 3 nitrogen and oxygen atoms in total. The summed E-state index contributed by atoms with van der Waals surface area (Å²) in [6, 6.07) is 5.71. The van der Waals surface area contributed by atoms with E-state index in [1.807, 2.05) is 32.0 Å². The molecule has 0 aliphatic rings. The van der Waals surface area contributed by atoms with Gasteiger partial charge in [-0.3, -0.25) is 4.79 Å². The van der Waals surface area contributed by atoms with Crippen LogP contribution in [0.2, 0.25) is 5.02 Å². The third-order valence-electron chi connectivity index (χ3n) is 3.11. The number of hydrogen-bond donors (Lipinski definition) is 0. The molecule has 1 unspecified atom stereocenters. The Morgan fingerprint density at radius 1 is 1.42 bits per heavy atom. The van der Waals surface area contributed by atoms with Gasteiger partial charge in [0.15, 0.2) is 0 Å². The summed E-state index contributed by atoms with van der Waals surface area (Å²) in [4.78, 5) is 14.0. The summed E-state index contributed by atoms with van der Waals surface area (Å²) in [5, 5.41) is 0.615. The Balaban J connectivity index is 3.28. The largest absolute Gasteiger partial charge is 0.383 e. The Hall–Kier alpha value is -1.06. The highest BCUT2D eigenvalue weighted by molar-refractivity contribution is 6.34. The molecule has 0 heterocycles. The van der Waals surface area contributed by atoms with Crippen LogP contribution in [0, 0.1) is 0 Å². The summed E-state index contributed by atoms with van der Waals surface area (Å²) in [5.41, 5.74) is 1.90. The van der Waals surface area contributed by atoms with Crippen molar-refractivity contribution in [2.24, 2.45) is 0 Å². The number of amides is 1. The molecule has 0 aromatic heterocycles. The minimum absolute atomic E-state index is 0.0392. The number of halogens is 1. The second-order valence-corrected chi connectivity index (χ2v) is 4.93. The molecule has 19 heavy (non-hydrogen) atoms. The maximum Gasteiger partial charge on any atom is 0.227 e. The lowest BCUT2D eigenvalue weighted by molar-refractivity contribution is -0.119. The predicted molar refractivity (Wildman–Crippen MR) is 79.9 cm³/mol. The van der Waals surface area contributed by atoms with Crippen molar-refractivity contribution in [2.45, 2.75) is 39.7 Å². The topological polar surface area (TPSA) is 29.5 Å². The Morgan fingerprint density at radius 2 is 2.11 bits per heavy atom. The summed E-state index contributed by atoms with van der Waals surface area (Å²) in [5.74, 6) is 0.0624. The van der Waals surface area contributed by atoms with E-state index >= 15 is 0 Å². The van der Waals surface area contributed by atoms with Crippen molar-refractivity contribution in [3.63, 3.8) is 0 Å². The molecular weight excluding hydrogens is 262 g/mol. The lowest BCUT2D eigenvalue weighted by Gasteiger charge is -2.31. The maximum atomic E-state index is 12.3. The number of nitrogens with zero attached hydrogens (tertiary/aromatic N) is 1. The van der Waals surface area contributed by atoms with Crippen molar-refractivity contribution >= 4 is 23.2 Å². The molecule has 1 rings (SSSR count). The van der Waals surface area contributed by atoms with Crippen LogP contribution in [0.5, 0.6) is 0 Å². The highest BCUT2D eigenvalue weighted by Gasteiger charge is 2.24.